The van der Waals surface area contributed by atoms with Gasteiger partial charge in [-0.1, -0.05) is 23.2 Å². The van der Waals surface area contributed by atoms with Gasteiger partial charge in [0, 0.05) is 25.5 Å². The summed E-state index contributed by atoms with van der Waals surface area (Å²) >= 11 is 11.1. The molecule has 18 heteroatoms. The Bertz CT molecular complexity index is 1830. The van der Waals surface area contributed by atoms with Crippen LogP contribution in [0.4, 0.5) is 5.82 Å². The van der Waals surface area contributed by atoms with Crippen LogP contribution in [0, 0.1) is 11.8 Å². The molecule has 7 rings (SSSR count). The Balaban J connectivity index is 0.000000160. The molecular weight excluding hydrogens is 689 g/mol. The number of carbonyl (C=O) groups excluding carboxylic acids is 2. The number of piperidine rings is 1. The van der Waals surface area contributed by atoms with Gasteiger partial charge in [-0.3, -0.25) is 24.3 Å². The van der Waals surface area contributed by atoms with Gasteiger partial charge in [0.05, 0.1) is 111 Å². The number of aliphatic hydroxyl groups excluding tert-OH is 1. The molecule has 262 valence electrons. The Morgan fingerprint density at radius 2 is 1.18 bits per heavy atom. The Kier molecular flexibility index (Phi) is 12.7. The second kappa shape index (κ2) is 17.6. The molecule has 5 aromatic rings. The van der Waals surface area contributed by atoms with E-state index in [1.165, 1.54) is 37.4 Å². The Morgan fingerprint density at radius 1 is 0.700 bits per heavy atom. The molecule has 0 aromatic carbocycles. The molecule has 2 fully saturated rings. The minimum absolute atomic E-state index is 0.0931. The van der Waals surface area contributed by atoms with Crippen LogP contribution in [0.3, 0.4) is 0 Å². The number of hydrogen-bond donors (Lipinski definition) is 1. The number of rotatable bonds is 10. The minimum Gasteiger partial charge on any atom is -0.462 e. The van der Waals surface area contributed by atoms with Crippen LogP contribution in [0.25, 0.3) is 0 Å². The van der Waals surface area contributed by atoms with Gasteiger partial charge in [0.2, 0.25) is 0 Å². The first kappa shape index (κ1) is 36.2. The monoisotopic (exact) mass is 723 g/mol. The SMILES string of the molecule is CCOC(=O)c1cnn(Cc2cnc(Cl)cn2)c1.CCOC(=O)c1cnn(Cc2cnc(N3CC4CC4C3)cn2)c1.OCc1cnc(Cl)cn1. The Morgan fingerprint density at radius 3 is 1.60 bits per heavy atom. The van der Waals surface area contributed by atoms with Gasteiger partial charge in [-0.15, -0.1) is 0 Å². The average molecular weight is 725 g/mol. The number of carbonyl (C=O) groups is 2. The topological polar surface area (TPSA) is 189 Å². The van der Waals surface area contributed by atoms with Gasteiger partial charge in [-0.05, 0) is 32.1 Å². The summed E-state index contributed by atoms with van der Waals surface area (Å²) in [6.07, 6.45) is 17.1. The molecule has 50 heavy (non-hydrogen) atoms. The maximum atomic E-state index is 11.6. The number of nitrogens with zero attached hydrogens (tertiary/aromatic N) is 11. The predicted molar refractivity (Wildman–Crippen MR) is 180 cm³/mol. The highest BCUT2D eigenvalue weighted by Gasteiger charge is 2.45. The molecule has 1 N–H and O–H groups in total. The molecule has 5 aromatic heterocycles. The fourth-order valence-electron chi connectivity index (χ4n) is 4.89. The summed E-state index contributed by atoms with van der Waals surface area (Å²) in [5, 5.41) is 17.4. The Labute approximate surface area is 297 Å². The average Bonchev–Trinajstić information content (AvgIpc) is 3.49. The van der Waals surface area contributed by atoms with Crippen LogP contribution in [0.15, 0.2) is 62.0 Å². The van der Waals surface area contributed by atoms with Crippen LogP contribution >= 0.6 is 23.2 Å². The first-order valence-electron chi connectivity index (χ1n) is 15.7. The number of aromatic nitrogens is 10. The number of anilines is 1. The molecule has 1 aliphatic heterocycles. The maximum absolute atomic E-state index is 11.6. The van der Waals surface area contributed by atoms with E-state index in [9.17, 15) is 9.59 Å². The third-order valence-electron chi connectivity index (χ3n) is 7.44. The number of ether oxygens (including phenoxy) is 2. The lowest BCUT2D eigenvalue weighted by atomic mass is 10.4. The van der Waals surface area contributed by atoms with Gasteiger partial charge in [0.15, 0.2) is 0 Å². The lowest BCUT2D eigenvalue weighted by molar-refractivity contribution is 0.0516. The Hall–Kier alpha value is -5.06. The van der Waals surface area contributed by atoms with E-state index in [1.807, 2.05) is 6.20 Å². The maximum Gasteiger partial charge on any atom is 0.341 e. The molecule has 0 spiro atoms. The molecule has 1 aliphatic carbocycles. The summed E-state index contributed by atoms with van der Waals surface area (Å²) in [6.45, 7) is 7.27. The van der Waals surface area contributed by atoms with Gasteiger partial charge < -0.3 is 19.5 Å². The van der Waals surface area contributed by atoms with E-state index in [0.29, 0.717) is 59.1 Å². The lowest BCUT2D eigenvalue weighted by Gasteiger charge is -2.18. The first-order valence-corrected chi connectivity index (χ1v) is 16.5. The van der Waals surface area contributed by atoms with Crippen LogP contribution in [0.1, 0.15) is 58.1 Å². The van der Waals surface area contributed by atoms with E-state index in [-0.39, 0.29) is 18.5 Å². The van der Waals surface area contributed by atoms with Gasteiger partial charge in [0.1, 0.15) is 16.1 Å². The highest BCUT2D eigenvalue weighted by molar-refractivity contribution is 6.29. The van der Waals surface area contributed by atoms with Crippen molar-refractivity contribution in [2.45, 2.75) is 40.0 Å². The minimum atomic E-state index is -0.383. The second-order valence-corrected chi connectivity index (χ2v) is 11.9. The molecule has 1 saturated heterocycles. The normalized spacial score (nSPS) is 15.6. The zero-order chi connectivity index (χ0) is 35.5. The van der Waals surface area contributed by atoms with Crippen molar-refractivity contribution in [2.24, 2.45) is 11.8 Å². The molecule has 2 atom stereocenters. The zero-order valence-electron chi connectivity index (χ0n) is 27.3. The van der Waals surface area contributed by atoms with Crippen molar-refractivity contribution in [1.82, 2.24) is 49.5 Å². The van der Waals surface area contributed by atoms with E-state index in [1.54, 1.807) is 48.0 Å². The summed E-state index contributed by atoms with van der Waals surface area (Å²) in [6, 6.07) is 0. The lowest BCUT2D eigenvalue weighted by Crippen LogP contribution is -2.23. The van der Waals surface area contributed by atoms with E-state index in [0.717, 1.165) is 36.4 Å². The van der Waals surface area contributed by atoms with E-state index in [4.69, 9.17) is 37.8 Å². The number of fused-ring (bicyclic) bond motifs is 1. The fraction of sp³-hybridized carbons (Fsp3) is 0.375. The van der Waals surface area contributed by atoms with Gasteiger partial charge in [-0.2, -0.15) is 10.2 Å². The molecule has 6 heterocycles. The molecular formula is C32H35Cl2N11O5. The molecule has 0 amide bonds. The number of aliphatic hydroxyl groups is 1. The molecule has 2 unspecified atom stereocenters. The number of esters is 2. The van der Waals surface area contributed by atoms with Crippen LogP contribution in [-0.4, -0.2) is 92.8 Å². The molecule has 2 aliphatic rings. The largest absolute Gasteiger partial charge is 0.462 e. The number of halogens is 2. The van der Waals surface area contributed by atoms with Crippen LogP contribution < -0.4 is 4.90 Å². The summed E-state index contributed by atoms with van der Waals surface area (Å²) in [7, 11) is 0. The molecule has 1 saturated carbocycles. The van der Waals surface area contributed by atoms with Crippen molar-refractivity contribution in [1.29, 1.82) is 0 Å². The quantitative estimate of drug-likeness (QED) is 0.206. The van der Waals surface area contributed by atoms with Crippen molar-refractivity contribution in [3.05, 3.63) is 100 Å². The van der Waals surface area contributed by atoms with Crippen molar-refractivity contribution in [3.63, 3.8) is 0 Å². The fourth-order valence-corrected chi connectivity index (χ4v) is 5.09. The second-order valence-electron chi connectivity index (χ2n) is 11.1. The molecule has 0 radical (unpaired) electrons. The highest BCUT2D eigenvalue weighted by atomic mass is 35.5. The molecule has 16 nitrogen and oxygen atoms in total. The number of hydrogen-bond acceptors (Lipinski definition) is 14. The van der Waals surface area contributed by atoms with E-state index >= 15 is 0 Å². The van der Waals surface area contributed by atoms with Gasteiger partial charge in [-0.25, -0.2) is 24.5 Å². The van der Waals surface area contributed by atoms with Crippen LogP contribution in [0.5, 0.6) is 0 Å². The summed E-state index contributed by atoms with van der Waals surface area (Å²) in [4.78, 5) is 49.8. The molecule has 0 bridgehead atoms. The predicted octanol–water partition coefficient (Wildman–Crippen LogP) is 3.53. The van der Waals surface area contributed by atoms with Crippen molar-refractivity contribution in [3.8, 4) is 0 Å². The van der Waals surface area contributed by atoms with E-state index < -0.39 is 0 Å². The third-order valence-corrected chi connectivity index (χ3v) is 7.83. The summed E-state index contributed by atoms with van der Waals surface area (Å²) in [5.41, 5.74) is 2.92. The summed E-state index contributed by atoms with van der Waals surface area (Å²) < 4.78 is 13.1. The first-order chi connectivity index (χ1) is 24.2. The van der Waals surface area contributed by atoms with Crippen molar-refractivity contribution >= 4 is 41.0 Å². The van der Waals surface area contributed by atoms with E-state index in [2.05, 4.69) is 45.0 Å². The van der Waals surface area contributed by atoms with Gasteiger partial charge >= 0.3 is 11.9 Å². The zero-order valence-corrected chi connectivity index (χ0v) is 28.9. The van der Waals surface area contributed by atoms with Crippen molar-refractivity contribution in [2.75, 3.05) is 31.2 Å². The summed E-state index contributed by atoms with van der Waals surface area (Å²) in [5.74, 6) is 1.97. The third kappa shape index (κ3) is 10.5. The van der Waals surface area contributed by atoms with Gasteiger partial charge in [0.25, 0.3) is 0 Å². The smallest absolute Gasteiger partial charge is 0.341 e. The highest BCUT2D eigenvalue weighted by Crippen LogP contribution is 2.45. The standard InChI is InChI=1S/C16H19N5O2.C11H11ClN4O2.C5H5ClN2O/c1-2-23-16(22)13-4-19-21(9-13)10-14-5-18-15(6-17-14)20-7-11-3-12(11)8-20;1-2-18-11(17)8-3-15-16(6-8)7-9-4-14-10(12)5-13-9;6-5-2-7-4(3-9)1-8-5/h4-6,9,11-12H,2-3,7-8,10H2,1H3;3-6H,2,7H2,1H3;1-2,9H,3H2. The van der Waals surface area contributed by atoms with Crippen molar-refractivity contribution < 1.29 is 24.2 Å². The van der Waals surface area contributed by atoms with Crippen LogP contribution in [0.2, 0.25) is 10.3 Å². The van der Waals surface area contributed by atoms with Crippen LogP contribution in [-0.2, 0) is 29.2 Å².